The van der Waals surface area contributed by atoms with Crippen molar-refractivity contribution >= 4 is 5.97 Å². The zero-order valence-electron chi connectivity index (χ0n) is 5.55. The van der Waals surface area contributed by atoms with Crippen LogP contribution in [0.4, 0.5) is 0 Å². The van der Waals surface area contributed by atoms with Crippen molar-refractivity contribution in [1.29, 1.82) is 0 Å². The van der Waals surface area contributed by atoms with Crippen LogP contribution in [0.3, 0.4) is 0 Å². The van der Waals surface area contributed by atoms with Gasteiger partial charge in [0.1, 0.15) is 0 Å². The summed E-state index contributed by atoms with van der Waals surface area (Å²) in [7, 11) is 0. The number of carboxylic acids is 1. The Kier molecular flexibility index (Phi) is 1.24. The molecular weight excluding hydrogens is 120 g/mol. The van der Waals surface area contributed by atoms with Gasteiger partial charge in [0.05, 0.1) is 6.10 Å². The average molecular weight is 130 g/mol. The van der Waals surface area contributed by atoms with E-state index in [-0.39, 0.29) is 6.10 Å². The molecular formula is C6H10O3. The topological polar surface area (TPSA) is 49.8 Å². The molecule has 3 heteroatoms. The number of epoxide rings is 1. The first-order valence-electron chi connectivity index (χ1n) is 3.04. The second kappa shape index (κ2) is 1.70. The van der Waals surface area contributed by atoms with E-state index < -0.39 is 11.6 Å². The Morgan fingerprint density at radius 1 is 1.89 bits per heavy atom. The highest BCUT2D eigenvalue weighted by molar-refractivity contribution is 5.81. The van der Waals surface area contributed by atoms with Crippen LogP contribution < -0.4 is 0 Å². The van der Waals surface area contributed by atoms with Crippen molar-refractivity contribution in [1.82, 2.24) is 0 Å². The minimum atomic E-state index is -0.836. The quantitative estimate of drug-likeness (QED) is 0.558. The fourth-order valence-corrected chi connectivity index (χ4v) is 1.03. The summed E-state index contributed by atoms with van der Waals surface area (Å²) >= 11 is 0. The van der Waals surface area contributed by atoms with E-state index in [1.54, 1.807) is 6.92 Å². The number of carbonyl (C=O) groups is 1. The highest BCUT2D eigenvalue weighted by Gasteiger charge is 2.58. The molecule has 2 atom stereocenters. The van der Waals surface area contributed by atoms with E-state index in [0.29, 0.717) is 6.42 Å². The van der Waals surface area contributed by atoms with Crippen LogP contribution in [0.5, 0.6) is 0 Å². The zero-order chi connectivity index (χ0) is 7.07. The Morgan fingerprint density at radius 3 is 2.33 bits per heavy atom. The monoisotopic (exact) mass is 130 g/mol. The van der Waals surface area contributed by atoms with Gasteiger partial charge >= 0.3 is 5.97 Å². The van der Waals surface area contributed by atoms with Crippen molar-refractivity contribution in [2.45, 2.75) is 32.0 Å². The molecule has 1 aliphatic rings. The molecule has 0 spiro atoms. The van der Waals surface area contributed by atoms with Gasteiger partial charge in [0, 0.05) is 0 Å². The van der Waals surface area contributed by atoms with Crippen LogP contribution in [0.1, 0.15) is 20.3 Å². The van der Waals surface area contributed by atoms with Gasteiger partial charge in [0.15, 0.2) is 5.60 Å². The Labute approximate surface area is 53.6 Å². The molecule has 0 aromatic rings. The highest BCUT2D eigenvalue weighted by atomic mass is 16.6. The summed E-state index contributed by atoms with van der Waals surface area (Å²) in [5.41, 5.74) is -0.833. The third kappa shape index (κ3) is 0.721. The van der Waals surface area contributed by atoms with Gasteiger partial charge in [-0.1, -0.05) is 6.92 Å². The molecule has 1 fully saturated rings. The first-order chi connectivity index (χ1) is 4.13. The van der Waals surface area contributed by atoms with E-state index in [1.165, 1.54) is 0 Å². The normalized spacial score (nSPS) is 40.4. The number of rotatable bonds is 2. The standard InChI is InChI=1S/C6H10O3/c1-3-6(5(7)8)4(2)9-6/h4H,3H2,1-2H3,(H,7,8)/t4-,6+/m0/s1. The SMILES string of the molecule is CC[C@@]1(C(=O)O)O[C@H]1C. The molecule has 0 amide bonds. The van der Waals surface area contributed by atoms with E-state index in [0.717, 1.165) is 0 Å². The van der Waals surface area contributed by atoms with Gasteiger partial charge in [-0.25, -0.2) is 4.79 Å². The summed E-state index contributed by atoms with van der Waals surface area (Å²) in [6, 6.07) is 0. The fraction of sp³-hybridized carbons (Fsp3) is 0.833. The van der Waals surface area contributed by atoms with Gasteiger partial charge in [-0.15, -0.1) is 0 Å². The van der Waals surface area contributed by atoms with E-state index in [1.807, 2.05) is 6.92 Å². The summed E-state index contributed by atoms with van der Waals surface area (Å²) in [6.45, 7) is 3.59. The van der Waals surface area contributed by atoms with Crippen LogP contribution in [0, 0.1) is 0 Å². The van der Waals surface area contributed by atoms with Crippen molar-refractivity contribution in [3.05, 3.63) is 0 Å². The lowest BCUT2D eigenvalue weighted by Crippen LogP contribution is -2.24. The Hall–Kier alpha value is -0.570. The molecule has 1 saturated heterocycles. The summed E-state index contributed by atoms with van der Waals surface area (Å²) in [5.74, 6) is -0.836. The Bertz CT molecular complexity index is 139. The third-order valence-corrected chi connectivity index (χ3v) is 1.87. The molecule has 0 bridgehead atoms. The zero-order valence-corrected chi connectivity index (χ0v) is 5.55. The summed E-state index contributed by atoms with van der Waals surface area (Å²) in [5, 5.41) is 8.55. The molecule has 1 N–H and O–H groups in total. The number of hydrogen-bond acceptors (Lipinski definition) is 2. The largest absolute Gasteiger partial charge is 0.479 e. The lowest BCUT2D eigenvalue weighted by Gasteiger charge is -1.99. The third-order valence-electron chi connectivity index (χ3n) is 1.87. The first-order valence-corrected chi connectivity index (χ1v) is 3.04. The van der Waals surface area contributed by atoms with Crippen molar-refractivity contribution < 1.29 is 14.6 Å². The van der Waals surface area contributed by atoms with Crippen LogP contribution >= 0.6 is 0 Å². The molecule has 0 aliphatic carbocycles. The summed E-state index contributed by atoms with van der Waals surface area (Å²) in [4.78, 5) is 10.4. The van der Waals surface area contributed by atoms with Crippen molar-refractivity contribution in [2.75, 3.05) is 0 Å². The van der Waals surface area contributed by atoms with Crippen LogP contribution in [-0.2, 0) is 9.53 Å². The van der Waals surface area contributed by atoms with Crippen LogP contribution in [0.2, 0.25) is 0 Å². The van der Waals surface area contributed by atoms with Crippen molar-refractivity contribution in [2.24, 2.45) is 0 Å². The first kappa shape index (κ1) is 6.55. The maximum Gasteiger partial charge on any atom is 0.338 e. The Balaban J connectivity index is 2.62. The smallest absolute Gasteiger partial charge is 0.338 e. The van der Waals surface area contributed by atoms with E-state index >= 15 is 0 Å². The predicted octanol–water partition coefficient (Wildman–Crippen LogP) is 0.638. The number of carboxylic acid groups (broad SMARTS) is 1. The van der Waals surface area contributed by atoms with Crippen molar-refractivity contribution in [3.8, 4) is 0 Å². The molecule has 0 aromatic heterocycles. The van der Waals surface area contributed by atoms with E-state index in [9.17, 15) is 4.79 Å². The lowest BCUT2D eigenvalue weighted by molar-refractivity contribution is -0.143. The van der Waals surface area contributed by atoms with Gasteiger partial charge in [-0.2, -0.15) is 0 Å². The molecule has 52 valence electrons. The fourth-order valence-electron chi connectivity index (χ4n) is 1.03. The molecule has 1 heterocycles. The minimum Gasteiger partial charge on any atom is -0.479 e. The molecule has 3 nitrogen and oxygen atoms in total. The molecule has 0 aromatic carbocycles. The molecule has 1 aliphatic heterocycles. The molecule has 0 saturated carbocycles. The maximum absolute atomic E-state index is 10.4. The summed E-state index contributed by atoms with van der Waals surface area (Å²) < 4.78 is 4.92. The number of hydrogen-bond donors (Lipinski definition) is 1. The van der Waals surface area contributed by atoms with Gasteiger partial charge in [0.2, 0.25) is 0 Å². The predicted molar refractivity (Wildman–Crippen MR) is 31.2 cm³/mol. The van der Waals surface area contributed by atoms with Gasteiger partial charge in [-0.05, 0) is 13.3 Å². The van der Waals surface area contributed by atoms with Gasteiger partial charge in [0.25, 0.3) is 0 Å². The maximum atomic E-state index is 10.4. The summed E-state index contributed by atoms with van der Waals surface area (Å²) in [6.07, 6.45) is 0.462. The Morgan fingerprint density at radius 2 is 2.33 bits per heavy atom. The molecule has 0 radical (unpaired) electrons. The van der Waals surface area contributed by atoms with Crippen LogP contribution in [0.25, 0.3) is 0 Å². The second-order valence-electron chi connectivity index (χ2n) is 2.31. The number of aliphatic carboxylic acids is 1. The van der Waals surface area contributed by atoms with Crippen LogP contribution in [-0.4, -0.2) is 22.8 Å². The number of ether oxygens (including phenoxy) is 1. The molecule has 1 rings (SSSR count). The van der Waals surface area contributed by atoms with Gasteiger partial charge < -0.3 is 9.84 Å². The second-order valence-corrected chi connectivity index (χ2v) is 2.31. The minimum absolute atomic E-state index is 0.0972. The average Bonchev–Trinajstić information content (AvgIpc) is 2.43. The van der Waals surface area contributed by atoms with E-state index in [2.05, 4.69) is 0 Å². The van der Waals surface area contributed by atoms with E-state index in [4.69, 9.17) is 9.84 Å². The van der Waals surface area contributed by atoms with Gasteiger partial charge in [-0.3, -0.25) is 0 Å². The molecule has 0 unspecified atom stereocenters. The lowest BCUT2D eigenvalue weighted by atomic mass is 10.0. The molecule has 9 heavy (non-hydrogen) atoms. The van der Waals surface area contributed by atoms with Crippen molar-refractivity contribution in [3.63, 3.8) is 0 Å². The highest BCUT2D eigenvalue weighted by Crippen LogP contribution is 2.39. The van der Waals surface area contributed by atoms with Crippen LogP contribution in [0.15, 0.2) is 0 Å².